The van der Waals surface area contributed by atoms with Crippen LogP contribution in [-0.4, -0.2) is 109 Å². The van der Waals surface area contributed by atoms with Gasteiger partial charge in [0.1, 0.15) is 0 Å². The predicted molar refractivity (Wildman–Crippen MR) is 369 cm³/mol. The monoisotopic (exact) mass is 1260 g/mol. The third-order valence-corrected chi connectivity index (χ3v) is 17.0. The van der Waals surface area contributed by atoms with Crippen LogP contribution >= 0.6 is 0 Å². The molecule has 0 N–H and O–H groups in total. The minimum Gasteiger partial charge on any atom is -0.549 e. The van der Waals surface area contributed by atoms with Gasteiger partial charge in [-0.1, -0.05) is 231 Å². The summed E-state index contributed by atoms with van der Waals surface area (Å²) in [5.74, 6) is -2.35. The lowest BCUT2D eigenvalue weighted by atomic mass is 10.1. The molecule has 88 heavy (non-hydrogen) atoms. The summed E-state index contributed by atoms with van der Waals surface area (Å²) in [6.45, 7) is 20.4. The average Bonchev–Trinajstić information content (AvgIpc) is 3.71. The van der Waals surface area contributed by atoms with Gasteiger partial charge in [0.2, 0.25) is 0 Å². The van der Waals surface area contributed by atoms with E-state index in [1.54, 1.807) is 0 Å². The number of hydrogen-bond donors (Lipinski definition) is 0. The van der Waals surface area contributed by atoms with Crippen LogP contribution in [0, 0.1) is 0 Å². The van der Waals surface area contributed by atoms with E-state index in [0.717, 1.165) is 57.8 Å². The van der Waals surface area contributed by atoms with Gasteiger partial charge in [0.05, 0.1) is 18.3 Å². The Hall–Kier alpha value is -2.08. The van der Waals surface area contributed by atoms with Gasteiger partial charge in [0.25, 0.3) is 0 Å². The predicted octanol–water partition coefficient (Wildman–Crippen LogP) is 21.3. The maximum Gasteiger partial charge on any atom is 1.20 e. The first kappa shape index (κ1) is 85.9. The number of ether oxygens (including phenoxy) is 6. The fourth-order valence-electron chi connectivity index (χ4n) is 10.5. The Morgan fingerprint density at radius 3 is 0.670 bits per heavy atom. The average molecular weight is 1260 g/mol. The molecule has 0 aliphatic rings. The lowest BCUT2D eigenvalue weighted by molar-refractivity contribution is -0.167. The molecule has 0 aromatic rings. The number of allylic oxidation sites excluding steroid dienone is 6. The minimum absolute atomic E-state index is 0.216. The second-order valence-corrected chi connectivity index (χ2v) is 26.9. The molecule has 0 aliphatic heterocycles. The van der Waals surface area contributed by atoms with Crippen molar-refractivity contribution in [2.75, 3.05) is 39.6 Å². The molecule has 0 rings (SSSR count). The molecule has 12 nitrogen and oxygen atoms in total. The molecule has 0 aliphatic carbocycles. The zero-order valence-electron chi connectivity index (χ0n) is 59.0. The van der Waals surface area contributed by atoms with Gasteiger partial charge in [-0.25, -0.2) is 0 Å². The highest BCUT2D eigenvalue weighted by molar-refractivity contribution is 6.44. The molecule has 0 saturated heterocycles. The van der Waals surface area contributed by atoms with Crippen LogP contribution in [0.2, 0.25) is 0 Å². The second kappa shape index (κ2) is 67.8. The van der Waals surface area contributed by atoms with Crippen molar-refractivity contribution in [1.82, 2.24) is 0 Å². The molecule has 0 saturated carbocycles. The SMILES string of the molecule is CCCCCCCC/C=C\CCCCCCCCOCCC(OC(C)C)C(=O)[O][Al]([O]C(=O)C(CCOCCCCCCCC/C=C\CCCCCCCC)OC(C)C)[O]C(=O)C(CCOCCCCCCCC/C=C\CCCCCCCC)OC(C)C. The van der Waals surface area contributed by atoms with E-state index < -0.39 is 51.4 Å². The van der Waals surface area contributed by atoms with Gasteiger partial charge >= 0.3 is 33.1 Å². The minimum atomic E-state index is -3.88. The van der Waals surface area contributed by atoms with Gasteiger partial charge < -0.3 is 39.8 Å². The summed E-state index contributed by atoms with van der Waals surface area (Å²) in [5, 5.41) is 0. The molecule has 0 radical (unpaired) electrons. The Bertz CT molecular complexity index is 1410. The first-order valence-electron chi connectivity index (χ1n) is 37.2. The Morgan fingerprint density at radius 1 is 0.273 bits per heavy atom. The number of hydrogen-bond acceptors (Lipinski definition) is 12. The highest BCUT2D eigenvalue weighted by atomic mass is 27.3. The molecule has 3 atom stereocenters. The van der Waals surface area contributed by atoms with Crippen molar-refractivity contribution >= 4 is 33.1 Å². The van der Waals surface area contributed by atoms with Crippen LogP contribution in [0.4, 0.5) is 0 Å². The zero-order valence-corrected chi connectivity index (χ0v) is 60.1. The molecule has 0 spiro atoms. The molecule has 0 aromatic carbocycles. The largest absolute Gasteiger partial charge is 1.20 e. The third-order valence-electron chi connectivity index (χ3n) is 15.7. The summed E-state index contributed by atoms with van der Waals surface area (Å²) < 4.78 is 53.8. The van der Waals surface area contributed by atoms with Gasteiger partial charge in [-0.05, 0) is 138 Å². The van der Waals surface area contributed by atoms with Gasteiger partial charge in [-0.3, -0.25) is 14.4 Å². The van der Waals surface area contributed by atoms with Crippen molar-refractivity contribution in [3.05, 3.63) is 36.5 Å². The van der Waals surface area contributed by atoms with E-state index in [2.05, 4.69) is 57.2 Å². The van der Waals surface area contributed by atoms with E-state index in [1.807, 2.05) is 41.5 Å². The summed E-state index contributed by atoms with van der Waals surface area (Å²) in [7, 11) is 0. The lowest BCUT2D eigenvalue weighted by Gasteiger charge is -2.25. The van der Waals surface area contributed by atoms with E-state index in [0.29, 0.717) is 19.8 Å². The molecule has 13 heteroatoms. The van der Waals surface area contributed by atoms with Gasteiger partial charge in [-0.2, -0.15) is 0 Å². The van der Waals surface area contributed by atoms with E-state index in [-0.39, 0.29) is 57.4 Å². The summed E-state index contributed by atoms with van der Waals surface area (Å²) in [4.78, 5) is 42.1. The fraction of sp³-hybridized carbons (Fsp3) is 0.880. The van der Waals surface area contributed by atoms with Crippen LogP contribution in [-0.2, 0) is 54.2 Å². The highest BCUT2D eigenvalue weighted by Crippen LogP contribution is 2.18. The number of carbonyl (C=O) groups is 3. The van der Waals surface area contributed by atoms with E-state index in [4.69, 9.17) is 39.8 Å². The summed E-state index contributed by atoms with van der Waals surface area (Å²) in [6.07, 6.45) is 62.7. The Balaban J connectivity index is 5.40. The standard InChI is InChI=1S/3C25H48O4.Al/c3*1-4-5-6-7-8-9-10-11-12-13-14-15-16-17-18-19-21-28-22-20-24(25(26)27)29-23(2)3;/h3*11-12,23-24H,4-10,13-22H2,1-3H3,(H,26,27);/q;;;+3/p-3/b3*12-11-;. The Kier molecular flexibility index (Phi) is 66.2. The fourth-order valence-corrected chi connectivity index (χ4v) is 11.7. The van der Waals surface area contributed by atoms with E-state index in [1.165, 1.54) is 212 Å². The number of carbonyl (C=O) groups excluding carboxylic acids is 3. The molecular weight excluding hydrogens is 1120 g/mol. The molecule has 0 bridgehead atoms. The van der Waals surface area contributed by atoms with Crippen molar-refractivity contribution in [3.63, 3.8) is 0 Å². The van der Waals surface area contributed by atoms with Crippen LogP contribution in [0.5, 0.6) is 0 Å². The normalized spacial score (nSPS) is 13.1. The van der Waals surface area contributed by atoms with Crippen LogP contribution in [0.1, 0.15) is 351 Å². The molecule has 516 valence electrons. The highest BCUT2D eigenvalue weighted by Gasteiger charge is 2.52. The van der Waals surface area contributed by atoms with Gasteiger partial charge in [0.15, 0.2) is 18.3 Å². The molecule has 3 unspecified atom stereocenters. The van der Waals surface area contributed by atoms with E-state index >= 15 is 0 Å². The van der Waals surface area contributed by atoms with Crippen LogP contribution < -0.4 is 0 Å². The first-order chi connectivity index (χ1) is 42.9. The van der Waals surface area contributed by atoms with Crippen molar-refractivity contribution in [2.24, 2.45) is 0 Å². The molecule has 0 heterocycles. The summed E-state index contributed by atoms with van der Waals surface area (Å²) in [5.41, 5.74) is 0. The smallest absolute Gasteiger partial charge is 0.549 e. The molecule has 0 amide bonds. The molecular formula is C75H141AlO12. The maximum atomic E-state index is 14.0. The van der Waals surface area contributed by atoms with Gasteiger partial charge in [-0.15, -0.1) is 0 Å². The summed E-state index contributed by atoms with van der Waals surface area (Å²) >= 11 is -3.88. The topological polar surface area (TPSA) is 134 Å². The van der Waals surface area contributed by atoms with Gasteiger partial charge in [0, 0.05) is 58.9 Å². The number of rotatable bonds is 69. The van der Waals surface area contributed by atoms with Crippen molar-refractivity contribution in [1.29, 1.82) is 0 Å². The quantitative estimate of drug-likeness (QED) is 0.0326. The number of unbranched alkanes of at least 4 members (excludes halogenated alkanes) is 36. The summed E-state index contributed by atoms with van der Waals surface area (Å²) in [6, 6.07) is 0. The van der Waals surface area contributed by atoms with Crippen molar-refractivity contribution in [2.45, 2.75) is 388 Å². The van der Waals surface area contributed by atoms with Crippen LogP contribution in [0.15, 0.2) is 36.5 Å². The third kappa shape index (κ3) is 61.4. The second-order valence-electron chi connectivity index (χ2n) is 25.6. The lowest BCUT2D eigenvalue weighted by Crippen LogP contribution is -2.44. The van der Waals surface area contributed by atoms with Crippen LogP contribution in [0.25, 0.3) is 0 Å². The Morgan fingerprint density at radius 2 is 0.466 bits per heavy atom. The van der Waals surface area contributed by atoms with Crippen molar-refractivity contribution < 1.29 is 54.2 Å². The van der Waals surface area contributed by atoms with Crippen LogP contribution in [0.3, 0.4) is 0 Å². The molecule has 0 aromatic heterocycles. The maximum absolute atomic E-state index is 14.0. The first-order valence-corrected chi connectivity index (χ1v) is 38.6. The molecule has 0 fully saturated rings. The zero-order chi connectivity index (χ0) is 64.4. The van der Waals surface area contributed by atoms with E-state index in [9.17, 15) is 14.4 Å². The van der Waals surface area contributed by atoms with Crippen molar-refractivity contribution in [3.8, 4) is 0 Å². The Labute approximate surface area is 548 Å².